The maximum absolute atomic E-state index is 11.4. The van der Waals surface area contributed by atoms with Crippen LogP contribution in [-0.4, -0.2) is 29.3 Å². The molecule has 0 saturated heterocycles. The summed E-state index contributed by atoms with van der Waals surface area (Å²) in [6.07, 6.45) is -0.131. The maximum Gasteiger partial charge on any atom is 0.407 e. The van der Waals surface area contributed by atoms with Crippen LogP contribution < -0.4 is 5.32 Å². The van der Waals surface area contributed by atoms with E-state index in [1.807, 2.05) is 0 Å². The number of rotatable bonds is 3. The molecule has 0 atom stereocenters. The van der Waals surface area contributed by atoms with Crippen molar-refractivity contribution in [3.05, 3.63) is 34.3 Å². The number of carboxylic acid groups (broad SMARTS) is 1. The Balaban J connectivity index is 2.55. The molecule has 0 heterocycles. The molecule has 5 nitrogen and oxygen atoms in total. The van der Waals surface area contributed by atoms with Gasteiger partial charge in [0.25, 0.3) is 0 Å². The van der Waals surface area contributed by atoms with Crippen molar-refractivity contribution in [2.75, 3.05) is 6.54 Å². The fourth-order valence-electron chi connectivity index (χ4n) is 1.50. The summed E-state index contributed by atoms with van der Waals surface area (Å²) in [7, 11) is 0. The number of carbonyl (C=O) groups is 2. The maximum atomic E-state index is 11.4. The lowest BCUT2D eigenvalue weighted by atomic mass is 10.1. The Morgan fingerprint density at radius 2 is 2.05 bits per heavy atom. The average molecular weight is 324 g/mol. The summed E-state index contributed by atoms with van der Waals surface area (Å²) in [4.78, 5) is 22.5. The molecular weight excluding hydrogens is 306 g/mol. The molecule has 0 aliphatic heterocycles. The standard InChI is InChI=1S/C16H18ClNO4/c1-16(2,3)22-15(21)18-9-5-4-6-11-7-8-12(17)10-13(11)14(19)20/h7-8,10H,5,9H2,1-3H3,(H,18,21)(H,19,20). The molecule has 0 fully saturated rings. The summed E-state index contributed by atoms with van der Waals surface area (Å²) in [5.74, 6) is 4.49. The van der Waals surface area contributed by atoms with Crippen molar-refractivity contribution in [2.45, 2.75) is 32.8 Å². The molecule has 1 aromatic carbocycles. The van der Waals surface area contributed by atoms with Crippen molar-refractivity contribution >= 4 is 23.7 Å². The summed E-state index contributed by atoms with van der Waals surface area (Å²) in [6.45, 7) is 5.65. The Morgan fingerprint density at radius 3 is 2.64 bits per heavy atom. The lowest BCUT2D eigenvalue weighted by molar-refractivity contribution is 0.0528. The number of ether oxygens (including phenoxy) is 1. The van der Waals surface area contributed by atoms with Gasteiger partial charge in [-0.25, -0.2) is 9.59 Å². The summed E-state index contributed by atoms with van der Waals surface area (Å²) in [5, 5.41) is 12.0. The Labute approximate surface area is 134 Å². The zero-order valence-electron chi connectivity index (χ0n) is 12.7. The van der Waals surface area contributed by atoms with Crippen LogP contribution in [0.1, 0.15) is 43.1 Å². The molecule has 0 aromatic heterocycles. The molecule has 0 bridgehead atoms. The fraction of sp³-hybridized carbons (Fsp3) is 0.375. The van der Waals surface area contributed by atoms with E-state index in [2.05, 4.69) is 17.2 Å². The third kappa shape index (κ3) is 6.51. The molecule has 0 radical (unpaired) electrons. The van der Waals surface area contributed by atoms with Crippen LogP contribution in [0.3, 0.4) is 0 Å². The molecule has 1 amide bonds. The summed E-state index contributed by atoms with van der Waals surface area (Å²) in [6, 6.07) is 4.49. The van der Waals surface area contributed by atoms with Crippen LogP contribution in [0.5, 0.6) is 0 Å². The van der Waals surface area contributed by atoms with Gasteiger partial charge in [-0.3, -0.25) is 0 Å². The minimum Gasteiger partial charge on any atom is -0.478 e. The number of carbonyl (C=O) groups excluding carboxylic acids is 1. The molecule has 1 aromatic rings. The van der Waals surface area contributed by atoms with Gasteiger partial charge in [-0.2, -0.15) is 0 Å². The highest BCUT2D eigenvalue weighted by Gasteiger charge is 2.15. The van der Waals surface area contributed by atoms with Crippen molar-refractivity contribution in [2.24, 2.45) is 0 Å². The van der Waals surface area contributed by atoms with Crippen LogP contribution in [-0.2, 0) is 4.74 Å². The minimum atomic E-state index is -1.08. The topological polar surface area (TPSA) is 75.6 Å². The van der Waals surface area contributed by atoms with Crippen molar-refractivity contribution < 1.29 is 19.4 Å². The van der Waals surface area contributed by atoms with Crippen LogP contribution in [0.4, 0.5) is 4.79 Å². The first-order chi connectivity index (χ1) is 10.2. The number of halogens is 1. The number of aromatic carboxylic acids is 1. The predicted molar refractivity (Wildman–Crippen MR) is 84.1 cm³/mol. The quantitative estimate of drug-likeness (QED) is 0.661. The molecule has 0 unspecified atom stereocenters. The van der Waals surface area contributed by atoms with Crippen LogP contribution in [0.25, 0.3) is 0 Å². The number of alkyl carbamates (subject to hydrolysis) is 1. The summed E-state index contributed by atoms with van der Waals surface area (Å²) >= 11 is 5.76. The molecule has 0 saturated carbocycles. The van der Waals surface area contributed by atoms with Gasteiger partial charge in [0.2, 0.25) is 0 Å². The van der Waals surface area contributed by atoms with Crippen LogP contribution in [0.2, 0.25) is 5.02 Å². The molecule has 22 heavy (non-hydrogen) atoms. The van der Waals surface area contributed by atoms with E-state index in [4.69, 9.17) is 21.4 Å². The van der Waals surface area contributed by atoms with E-state index in [9.17, 15) is 9.59 Å². The van der Waals surface area contributed by atoms with Gasteiger partial charge in [-0.15, -0.1) is 0 Å². The first-order valence-corrected chi connectivity index (χ1v) is 7.05. The first-order valence-electron chi connectivity index (χ1n) is 6.67. The highest BCUT2D eigenvalue weighted by molar-refractivity contribution is 6.31. The Morgan fingerprint density at radius 1 is 1.36 bits per heavy atom. The van der Waals surface area contributed by atoms with Crippen LogP contribution in [0.15, 0.2) is 18.2 Å². The van der Waals surface area contributed by atoms with E-state index in [1.54, 1.807) is 32.9 Å². The Bertz CT molecular complexity index is 623. The number of hydrogen-bond acceptors (Lipinski definition) is 3. The van der Waals surface area contributed by atoms with Crippen molar-refractivity contribution in [3.63, 3.8) is 0 Å². The second kappa shape index (κ2) is 7.71. The van der Waals surface area contributed by atoms with E-state index in [0.29, 0.717) is 23.6 Å². The molecule has 1 rings (SSSR count). The number of benzene rings is 1. The van der Waals surface area contributed by atoms with E-state index in [-0.39, 0.29) is 5.56 Å². The Hall–Kier alpha value is -2.19. The lowest BCUT2D eigenvalue weighted by Crippen LogP contribution is -2.32. The van der Waals surface area contributed by atoms with Gasteiger partial charge in [-0.05, 0) is 39.0 Å². The average Bonchev–Trinajstić information content (AvgIpc) is 2.37. The van der Waals surface area contributed by atoms with Crippen molar-refractivity contribution in [1.82, 2.24) is 5.32 Å². The second-order valence-corrected chi connectivity index (χ2v) is 5.91. The third-order valence-corrected chi connectivity index (χ3v) is 2.59. The van der Waals surface area contributed by atoms with Gasteiger partial charge >= 0.3 is 12.1 Å². The monoisotopic (exact) mass is 323 g/mol. The van der Waals surface area contributed by atoms with Gasteiger partial charge in [-0.1, -0.05) is 23.4 Å². The molecule has 0 aliphatic rings. The number of nitrogens with one attached hydrogen (secondary N) is 1. The predicted octanol–water partition coefficient (Wildman–Crippen LogP) is 3.30. The highest BCUT2D eigenvalue weighted by atomic mass is 35.5. The van der Waals surface area contributed by atoms with Gasteiger partial charge < -0.3 is 15.2 Å². The normalized spacial score (nSPS) is 10.4. The number of amides is 1. The first kappa shape index (κ1) is 17.9. The smallest absolute Gasteiger partial charge is 0.407 e. The molecule has 118 valence electrons. The zero-order chi connectivity index (χ0) is 16.8. The third-order valence-electron chi connectivity index (χ3n) is 2.35. The number of carboxylic acids is 1. The van der Waals surface area contributed by atoms with Crippen molar-refractivity contribution in [1.29, 1.82) is 0 Å². The number of hydrogen-bond donors (Lipinski definition) is 2. The van der Waals surface area contributed by atoms with Gasteiger partial charge in [0.15, 0.2) is 0 Å². The Kier molecular flexibility index (Phi) is 6.26. The minimum absolute atomic E-state index is 0.0556. The second-order valence-electron chi connectivity index (χ2n) is 5.48. The van der Waals surface area contributed by atoms with E-state index in [1.165, 1.54) is 6.07 Å². The van der Waals surface area contributed by atoms with E-state index >= 15 is 0 Å². The highest BCUT2D eigenvalue weighted by Crippen LogP contribution is 2.15. The zero-order valence-corrected chi connectivity index (χ0v) is 13.5. The molecule has 0 aliphatic carbocycles. The van der Waals surface area contributed by atoms with Gasteiger partial charge in [0.05, 0.1) is 5.56 Å². The summed E-state index contributed by atoms with van der Waals surface area (Å²) in [5.41, 5.74) is -0.107. The summed E-state index contributed by atoms with van der Waals surface area (Å²) < 4.78 is 5.08. The molecule has 0 spiro atoms. The lowest BCUT2D eigenvalue weighted by Gasteiger charge is -2.19. The fourth-order valence-corrected chi connectivity index (χ4v) is 1.67. The largest absolute Gasteiger partial charge is 0.478 e. The molecule has 2 N–H and O–H groups in total. The van der Waals surface area contributed by atoms with Gasteiger partial charge in [0.1, 0.15) is 5.60 Å². The van der Waals surface area contributed by atoms with E-state index < -0.39 is 17.7 Å². The SMILES string of the molecule is CC(C)(C)OC(=O)NCCC#Cc1ccc(Cl)cc1C(=O)O. The molecular formula is C16H18ClNO4. The van der Waals surface area contributed by atoms with Crippen LogP contribution in [0, 0.1) is 11.8 Å². The van der Waals surface area contributed by atoms with Crippen LogP contribution >= 0.6 is 11.6 Å². The van der Waals surface area contributed by atoms with Crippen molar-refractivity contribution in [3.8, 4) is 11.8 Å². The molecule has 6 heteroatoms. The van der Waals surface area contributed by atoms with E-state index in [0.717, 1.165) is 0 Å². The van der Waals surface area contributed by atoms with Gasteiger partial charge in [0, 0.05) is 23.6 Å².